The van der Waals surface area contributed by atoms with Crippen molar-refractivity contribution in [3.05, 3.63) is 38.7 Å². The first-order chi connectivity index (χ1) is 9.01. The molecule has 0 aromatic carbocycles. The number of aromatic nitrogens is 4. The van der Waals surface area contributed by atoms with Gasteiger partial charge in [0.25, 0.3) is 0 Å². The second kappa shape index (κ2) is 5.52. The Balaban J connectivity index is 2.15. The molecule has 0 saturated heterocycles. The van der Waals surface area contributed by atoms with Crippen molar-refractivity contribution >= 4 is 21.7 Å². The lowest BCUT2D eigenvalue weighted by atomic mass is 10.3. The SMILES string of the molecule is CCC(C)n1ccc(Cn2cc(Br)c([N+](=O)[O-])n2)n1. The minimum atomic E-state index is -0.516. The van der Waals surface area contributed by atoms with Crippen LogP contribution in [-0.4, -0.2) is 24.5 Å². The van der Waals surface area contributed by atoms with Gasteiger partial charge in [0.15, 0.2) is 0 Å². The summed E-state index contributed by atoms with van der Waals surface area (Å²) in [6.07, 6.45) is 4.50. The number of rotatable bonds is 5. The van der Waals surface area contributed by atoms with Crippen molar-refractivity contribution in [2.24, 2.45) is 0 Å². The quantitative estimate of drug-likeness (QED) is 0.624. The number of hydrogen-bond donors (Lipinski definition) is 0. The van der Waals surface area contributed by atoms with Crippen LogP contribution in [0.15, 0.2) is 22.9 Å². The van der Waals surface area contributed by atoms with Crippen molar-refractivity contribution in [2.45, 2.75) is 32.9 Å². The molecule has 2 aromatic rings. The average molecular weight is 328 g/mol. The summed E-state index contributed by atoms with van der Waals surface area (Å²) in [5, 5.41) is 19.0. The highest BCUT2D eigenvalue weighted by molar-refractivity contribution is 9.10. The molecule has 0 aliphatic heterocycles. The largest absolute Gasteiger partial charge is 0.404 e. The second-order valence-corrected chi connectivity index (χ2v) is 5.15. The molecule has 1 atom stereocenters. The third-order valence-electron chi connectivity index (χ3n) is 2.90. The highest BCUT2D eigenvalue weighted by Gasteiger charge is 2.19. The molecule has 0 aliphatic carbocycles. The van der Waals surface area contributed by atoms with Crippen LogP contribution in [0.5, 0.6) is 0 Å². The molecule has 0 bridgehead atoms. The van der Waals surface area contributed by atoms with Gasteiger partial charge >= 0.3 is 5.82 Å². The van der Waals surface area contributed by atoms with E-state index < -0.39 is 4.92 Å². The van der Waals surface area contributed by atoms with E-state index in [4.69, 9.17) is 0 Å². The summed E-state index contributed by atoms with van der Waals surface area (Å²) in [5.74, 6) is -0.179. The maximum absolute atomic E-state index is 10.7. The van der Waals surface area contributed by atoms with Gasteiger partial charge in [-0.1, -0.05) is 6.92 Å². The van der Waals surface area contributed by atoms with Crippen LogP contribution in [0.25, 0.3) is 0 Å². The fourth-order valence-electron chi connectivity index (χ4n) is 1.65. The topological polar surface area (TPSA) is 78.8 Å². The van der Waals surface area contributed by atoms with Crippen molar-refractivity contribution in [1.29, 1.82) is 0 Å². The van der Waals surface area contributed by atoms with Crippen LogP contribution in [0.2, 0.25) is 0 Å². The molecule has 0 aliphatic rings. The summed E-state index contributed by atoms with van der Waals surface area (Å²) >= 11 is 3.12. The zero-order valence-corrected chi connectivity index (χ0v) is 12.2. The smallest absolute Gasteiger partial charge is 0.358 e. The van der Waals surface area contributed by atoms with E-state index in [0.717, 1.165) is 12.1 Å². The average Bonchev–Trinajstić information content (AvgIpc) is 2.95. The summed E-state index contributed by atoms with van der Waals surface area (Å²) in [7, 11) is 0. The van der Waals surface area contributed by atoms with Gasteiger partial charge in [-0.25, -0.2) is 0 Å². The zero-order chi connectivity index (χ0) is 14.0. The van der Waals surface area contributed by atoms with E-state index in [1.807, 2.05) is 16.9 Å². The van der Waals surface area contributed by atoms with Crippen molar-refractivity contribution in [1.82, 2.24) is 19.6 Å². The zero-order valence-electron chi connectivity index (χ0n) is 10.7. The van der Waals surface area contributed by atoms with E-state index in [0.29, 0.717) is 17.1 Å². The van der Waals surface area contributed by atoms with Crippen molar-refractivity contribution in [2.75, 3.05) is 0 Å². The van der Waals surface area contributed by atoms with Gasteiger partial charge in [-0.2, -0.15) is 9.78 Å². The molecule has 0 fully saturated rings. The molecule has 19 heavy (non-hydrogen) atoms. The van der Waals surface area contributed by atoms with E-state index in [-0.39, 0.29) is 5.82 Å². The minimum Gasteiger partial charge on any atom is -0.358 e. The van der Waals surface area contributed by atoms with Crippen LogP contribution in [0, 0.1) is 10.1 Å². The molecular formula is C11H14BrN5O2. The molecule has 0 saturated carbocycles. The number of nitro groups is 1. The predicted molar refractivity (Wildman–Crippen MR) is 72.9 cm³/mol. The van der Waals surface area contributed by atoms with Crippen molar-refractivity contribution in [3.8, 4) is 0 Å². The Morgan fingerprint density at radius 3 is 2.84 bits per heavy atom. The van der Waals surface area contributed by atoms with E-state index in [9.17, 15) is 10.1 Å². The third kappa shape index (κ3) is 3.01. The van der Waals surface area contributed by atoms with Gasteiger partial charge in [0.2, 0.25) is 0 Å². The summed E-state index contributed by atoms with van der Waals surface area (Å²) in [4.78, 5) is 10.2. The van der Waals surface area contributed by atoms with E-state index in [1.54, 1.807) is 6.20 Å². The van der Waals surface area contributed by atoms with Crippen LogP contribution in [0.4, 0.5) is 5.82 Å². The molecule has 0 spiro atoms. The van der Waals surface area contributed by atoms with E-state index in [2.05, 4.69) is 40.0 Å². The monoisotopic (exact) mass is 327 g/mol. The molecule has 1 unspecified atom stereocenters. The Morgan fingerprint density at radius 2 is 2.26 bits per heavy atom. The second-order valence-electron chi connectivity index (χ2n) is 4.30. The number of nitrogens with zero attached hydrogens (tertiary/aromatic N) is 5. The van der Waals surface area contributed by atoms with Gasteiger partial charge in [-0.3, -0.25) is 4.68 Å². The highest BCUT2D eigenvalue weighted by Crippen LogP contribution is 2.22. The number of halogens is 1. The molecular weight excluding hydrogens is 314 g/mol. The predicted octanol–water partition coefficient (Wildman–Crippen LogP) is 2.77. The van der Waals surface area contributed by atoms with E-state index in [1.165, 1.54) is 4.68 Å². The molecule has 0 N–H and O–H groups in total. The molecule has 2 rings (SSSR count). The Bertz CT molecular complexity index is 592. The maximum atomic E-state index is 10.7. The lowest BCUT2D eigenvalue weighted by molar-refractivity contribution is -0.390. The minimum absolute atomic E-state index is 0.179. The summed E-state index contributed by atoms with van der Waals surface area (Å²) in [6, 6.07) is 2.24. The van der Waals surface area contributed by atoms with Gasteiger partial charge in [0.1, 0.15) is 11.0 Å². The van der Waals surface area contributed by atoms with Gasteiger partial charge in [0, 0.05) is 12.2 Å². The molecule has 2 aromatic heterocycles. The highest BCUT2D eigenvalue weighted by atomic mass is 79.9. The Hall–Kier alpha value is -1.70. The van der Waals surface area contributed by atoms with Gasteiger partial charge < -0.3 is 10.1 Å². The van der Waals surface area contributed by atoms with Crippen LogP contribution >= 0.6 is 15.9 Å². The van der Waals surface area contributed by atoms with Gasteiger partial charge in [-0.05, 0) is 40.3 Å². The first-order valence-corrected chi connectivity index (χ1v) is 6.72. The summed E-state index contributed by atoms with van der Waals surface area (Å²) < 4.78 is 3.77. The first kappa shape index (κ1) is 13.7. The normalized spacial score (nSPS) is 12.6. The Kier molecular flexibility index (Phi) is 3.98. The molecule has 7 nitrogen and oxygen atoms in total. The Morgan fingerprint density at radius 1 is 1.53 bits per heavy atom. The van der Waals surface area contributed by atoms with Crippen LogP contribution in [0.1, 0.15) is 32.0 Å². The summed E-state index contributed by atoms with van der Waals surface area (Å²) in [6.45, 7) is 4.60. The fraction of sp³-hybridized carbons (Fsp3) is 0.455. The fourth-order valence-corrected chi connectivity index (χ4v) is 2.11. The standard InChI is InChI=1S/C11H14BrN5O2/c1-3-8(2)16-5-4-9(13-16)6-15-7-10(12)11(14-15)17(18)19/h4-5,7-8H,3,6H2,1-2H3. The first-order valence-electron chi connectivity index (χ1n) is 5.92. The van der Waals surface area contributed by atoms with Crippen LogP contribution in [0.3, 0.4) is 0 Å². The molecule has 0 radical (unpaired) electrons. The van der Waals surface area contributed by atoms with Crippen molar-refractivity contribution in [3.63, 3.8) is 0 Å². The molecule has 8 heteroatoms. The summed E-state index contributed by atoms with van der Waals surface area (Å²) in [5.41, 5.74) is 0.824. The Labute approximate surface area is 118 Å². The maximum Gasteiger partial charge on any atom is 0.404 e. The molecule has 0 amide bonds. The lowest BCUT2D eigenvalue weighted by Crippen LogP contribution is -2.07. The molecule has 102 valence electrons. The van der Waals surface area contributed by atoms with Crippen LogP contribution < -0.4 is 0 Å². The van der Waals surface area contributed by atoms with E-state index >= 15 is 0 Å². The number of hydrogen-bond acceptors (Lipinski definition) is 4. The van der Waals surface area contributed by atoms with Gasteiger partial charge in [-0.15, -0.1) is 0 Å². The van der Waals surface area contributed by atoms with Crippen LogP contribution in [-0.2, 0) is 6.54 Å². The van der Waals surface area contributed by atoms with Crippen molar-refractivity contribution < 1.29 is 4.92 Å². The lowest BCUT2D eigenvalue weighted by Gasteiger charge is -2.07. The molecule has 2 heterocycles. The third-order valence-corrected chi connectivity index (χ3v) is 3.46. The van der Waals surface area contributed by atoms with Gasteiger partial charge in [0.05, 0.1) is 17.0 Å².